The third-order valence-corrected chi connectivity index (χ3v) is 2.26. The SMILES string of the molecule is CCCCCCCC(N)=O.O=C(O)/C=C\C(=O)O.O=C(O)/C=C\C(=O)O. The van der Waals surface area contributed by atoms with E-state index in [2.05, 4.69) is 6.92 Å². The first-order valence-electron chi connectivity index (χ1n) is 7.59. The molecule has 148 valence electrons. The van der Waals surface area contributed by atoms with E-state index in [0.717, 1.165) is 12.8 Å². The van der Waals surface area contributed by atoms with Crippen LogP contribution in [0.4, 0.5) is 0 Å². The van der Waals surface area contributed by atoms with Gasteiger partial charge >= 0.3 is 23.9 Å². The van der Waals surface area contributed by atoms with E-state index in [1.165, 1.54) is 19.3 Å². The van der Waals surface area contributed by atoms with E-state index in [4.69, 9.17) is 26.2 Å². The summed E-state index contributed by atoms with van der Waals surface area (Å²) in [6, 6.07) is 0. The largest absolute Gasteiger partial charge is 0.478 e. The molecule has 0 saturated heterocycles. The Balaban J connectivity index is -0.000000308. The number of carboxylic acids is 4. The summed E-state index contributed by atoms with van der Waals surface area (Å²) < 4.78 is 0. The van der Waals surface area contributed by atoms with Crippen molar-refractivity contribution in [2.45, 2.75) is 45.4 Å². The zero-order valence-corrected chi connectivity index (χ0v) is 14.5. The Kier molecular flexibility index (Phi) is 21.2. The normalized spacial score (nSPS) is 9.58. The van der Waals surface area contributed by atoms with Crippen LogP contribution in [0, 0.1) is 0 Å². The van der Waals surface area contributed by atoms with Gasteiger partial charge in [-0.25, -0.2) is 19.2 Å². The molecule has 0 rings (SSSR count). The maximum atomic E-state index is 10.3. The minimum absolute atomic E-state index is 0.170. The Labute approximate surface area is 150 Å². The molecule has 0 saturated carbocycles. The van der Waals surface area contributed by atoms with Gasteiger partial charge in [-0.3, -0.25) is 4.79 Å². The number of aliphatic carboxylic acids is 4. The van der Waals surface area contributed by atoms with E-state index in [1.54, 1.807) is 0 Å². The topological polar surface area (TPSA) is 192 Å². The molecule has 0 fully saturated rings. The summed E-state index contributed by atoms with van der Waals surface area (Å²) >= 11 is 0. The number of rotatable bonds is 10. The van der Waals surface area contributed by atoms with Gasteiger partial charge in [0, 0.05) is 30.7 Å². The molecule has 10 heteroatoms. The van der Waals surface area contributed by atoms with E-state index < -0.39 is 23.9 Å². The summed E-state index contributed by atoms with van der Waals surface area (Å²) in [5.41, 5.74) is 4.97. The van der Waals surface area contributed by atoms with Gasteiger partial charge in [0.1, 0.15) is 0 Å². The zero-order valence-electron chi connectivity index (χ0n) is 14.5. The first kappa shape index (κ1) is 27.7. The van der Waals surface area contributed by atoms with Gasteiger partial charge in [0.2, 0.25) is 5.91 Å². The Hall–Kier alpha value is -3.17. The standard InChI is InChI=1S/C8H17NO.2C4H4O4/c1-2-3-4-5-6-7-8(9)10;2*5-3(6)1-2-4(7)8/h2-7H2,1H3,(H2,9,10);2*1-2H,(H,5,6)(H,7,8)/b;2*2-1-. The molecule has 0 heterocycles. The van der Waals surface area contributed by atoms with Crippen molar-refractivity contribution in [2.24, 2.45) is 5.73 Å². The highest BCUT2D eigenvalue weighted by molar-refractivity contribution is 5.90. The van der Waals surface area contributed by atoms with Crippen molar-refractivity contribution >= 4 is 29.8 Å². The minimum atomic E-state index is -1.26. The average Bonchev–Trinajstić information content (AvgIpc) is 2.52. The Bertz CT molecular complexity index is 444. The van der Waals surface area contributed by atoms with Crippen LogP contribution >= 0.6 is 0 Å². The minimum Gasteiger partial charge on any atom is -0.478 e. The smallest absolute Gasteiger partial charge is 0.328 e. The van der Waals surface area contributed by atoms with Crippen LogP contribution in [-0.4, -0.2) is 50.2 Å². The number of amides is 1. The van der Waals surface area contributed by atoms with Crippen molar-refractivity contribution in [1.29, 1.82) is 0 Å². The van der Waals surface area contributed by atoms with E-state index in [1.807, 2.05) is 0 Å². The number of carboxylic acid groups (broad SMARTS) is 4. The number of hydrogen-bond donors (Lipinski definition) is 5. The molecule has 0 aliphatic heterocycles. The monoisotopic (exact) mass is 375 g/mol. The number of unbranched alkanes of at least 4 members (excludes halogenated alkanes) is 4. The molecule has 1 amide bonds. The van der Waals surface area contributed by atoms with Crippen molar-refractivity contribution < 1.29 is 44.4 Å². The Morgan fingerprint density at radius 3 is 1.19 bits per heavy atom. The lowest BCUT2D eigenvalue weighted by Gasteiger charge is -1.95. The lowest BCUT2D eigenvalue weighted by molar-refractivity contribution is -0.134. The molecule has 0 aliphatic carbocycles. The van der Waals surface area contributed by atoms with Crippen LogP contribution in [0.15, 0.2) is 24.3 Å². The van der Waals surface area contributed by atoms with Gasteiger partial charge in [-0.05, 0) is 6.42 Å². The van der Waals surface area contributed by atoms with Crippen LogP contribution in [0.25, 0.3) is 0 Å². The van der Waals surface area contributed by atoms with Gasteiger partial charge in [0.25, 0.3) is 0 Å². The molecular weight excluding hydrogens is 350 g/mol. The van der Waals surface area contributed by atoms with E-state index in [-0.39, 0.29) is 5.91 Å². The second-order valence-corrected chi connectivity index (χ2v) is 4.65. The third kappa shape index (κ3) is 42.8. The molecule has 10 nitrogen and oxygen atoms in total. The summed E-state index contributed by atoms with van der Waals surface area (Å²) in [7, 11) is 0. The number of carbonyl (C=O) groups excluding carboxylic acids is 1. The quantitative estimate of drug-likeness (QED) is 0.276. The van der Waals surface area contributed by atoms with Crippen LogP contribution in [0.1, 0.15) is 45.4 Å². The first-order valence-corrected chi connectivity index (χ1v) is 7.59. The summed E-state index contributed by atoms with van der Waals surface area (Å²) in [5.74, 6) is -5.20. The van der Waals surface area contributed by atoms with Gasteiger partial charge in [0.05, 0.1) is 0 Å². The highest BCUT2D eigenvalue weighted by Crippen LogP contribution is 2.03. The van der Waals surface area contributed by atoms with Crippen molar-refractivity contribution in [3.63, 3.8) is 0 Å². The fourth-order valence-electron chi connectivity index (χ4n) is 1.19. The fraction of sp³-hybridized carbons (Fsp3) is 0.438. The van der Waals surface area contributed by atoms with E-state index in [0.29, 0.717) is 30.7 Å². The molecule has 0 radical (unpaired) electrons. The summed E-state index contributed by atoms with van der Waals surface area (Å²) in [5, 5.41) is 31.2. The second-order valence-electron chi connectivity index (χ2n) is 4.65. The Morgan fingerprint density at radius 2 is 0.962 bits per heavy atom. The van der Waals surface area contributed by atoms with Gasteiger partial charge in [-0.1, -0.05) is 32.6 Å². The van der Waals surface area contributed by atoms with Gasteiger partial charge in [-0.15, -0.1) is 0 Å². The predicted octanol–water partition coefficient (Wildman–Crippen LogP) is 1.26. The zero-order chi connectivity index (χ0) is 21.0. The second kappa shape index (κ2) is 19.9. The molecule has 0 aromatic rings. The maximum absolute atomic E-state index is 10.3. The molecule has 0 aromatic heterocycles. The summed E-state index contributed by atoms with van der Waals surface area (Å²) in [6.07, 6.45) is 8.67. The van der Waals surface area contributed by atoms with Crippen LogP contribution < -0.4 is 5.73 Å². The molecule has 0 aromatic carbocycles. The number of hydrogen-bond acceptors (Lipinski definition) is 5. The number of carbonyl (C=O) groups is 5. The fourth-order valence-corrected chi connectivity index (χ4v) is 1.19. The van der Waals surface area contributed by atoms with Crippen LogP contribution in [0.3, 0.4) is 0 Å². The molecule has 26 heavy (non-hydrogen) atoms. The van der Waals surface area contributed by atoms with Crippen molar-refractivity contribution in [1.82, 2.24) is 0 Å². The average molecular weight is 375 g/mol. The van der Waals surface area contributed by atoms with E-state index in [9.17, 15) is 24.0 Å². The summed E-state index contributed by atoms with van der Waals surface area (Å²) in [6.45, 7) is 2.17. The highest BCUT2D eigenvalue weighted by Gasteiger charge is 1.93. The molecular formula is C16H25NO9. The number of primary amides is 1. The molecule has 0 bridgehead atoms. The number of nitrogens with two attached hydrogens (primary N) is 1. The highest BCUT2D eigenvalue weighted by atomic mass is 16.4. The van der Waals surface area contributed by atoms with Crippen molar-refractivity contribution in [2.75, 3.05) is 0 Å². The maximum Gasteiger partial charge on any atom is 0.328 e. The molecule has 6 N–H and O–H groups in total. The van der Waals surface area contributed by atoms with Crippen LogP contribution in [-0.2, 0) is 24.0 Å². The van der Waals surface area contributed by atoms with E-state index >= 15 is 0 Å². The molecule has 0 atom stereocenters. The third-order valence-electron chi connectivity index (χ3n) is 2.26. The lowest BCUT2D eigenvalue weighted by atomic mass is 10.1. The van der Waals surface area contributed by atoms with Crippen molar-refractivity contribution in [3.05, 3.63) is 24.3 Å². The molecule has 0 aliphatic rings. The van der Waals surface area contributed by atoms with Gasteiger partial charge < -0.3 is 26.2 Å². The van der Waals surface area contributed by atoms with Crippen molar-refractivity contribution in [3.8, 4) is 0 Å². The predicted molar refractivity (Wildman–Crippen MR) is 91.4 cm³/mol. The lowest BCUT2D eigenvalue weighted by Crippen LogP contribution is -2.09. The molecule has 0 unspecified atom stereocenters. The van der Waals surface area contributed by atoms with Crippen LogP contribution in [0.2, 0.25) is 0 Å². The first-order chi connectivity index (χ1) is 12.0. The van der Waals surface area contributed by atoms with Crippen LogP contribution in [0.5, 0.6) is 0 Å². The van der Waals surface area contributed by atoms with Gasteiger partial charge in [0.15, 0.2) is 0 Å². The molecule has 0 spiro atoms. The summed E-state index contributed by atoms with van der Waals surface area (Å²) in [4.78, 5) is 48.5. The van der Waals surface area contributed by atoms with Gasteiger partial charge in [-0.2, -0.15) is 0 Å². The Morgan fingerprint density at radius 1 is 0.654 bits per heavy atom.